The molecule has 0 aliphatic carbocycles. The zero-order chi connectivity index (χ0) is 14.1. The van der Waals surface area contributed by atoms with Crippen molar-refractivity contribution >= 4 is 34.0 Å². The number of halogens is 1. The van der Waals surface area contributed by atoms with Crippen molar-refractivity contribution in [1.82, 2.24) is 14.5 Å². The van der Waals surface area contributed by atoms with Crippen molar-refractivity contribution in [3.63, 3.8) is 0 Å². The number of methoxy groups -OCH3 is 1. The predicted octanol–water partition coefficient (Wildman–Crippen LogP) is 3.60. The van der Waals surface area contributed by atoms with E-state index in [1.165, 1.54) is 0 Å². The second-order valence-corrected chi connectivity index (χ2v) is 5.79. The molecule has 0 saturated carbocycles. The van der Waals surface area contributed by atoms with Crippen LogP contribution in [0.5, 0.6) is 5.75 Å². The fraction of sp³-hybridized carbons (Fsp3) is 0.286. The van der Waals surface area contributed by atoms with Crippen LogP contribution in [0.15, 0.2) is 23.6 Å². The quantitative estimate of drug-likeness (QED) is 0.691. The maximum atomic E-state index is 6.02. The molecule has 104 valence electrons. The van der Waals surface area contributed by atoms with Gasteiger partial charge in [-0.25, -0.2) is 9.97 Å². The summed E-state index contributed by atoms with van der Waals surface area (Å²) in [6.07, 6.45) is 0. The maximum absolute atomic E-state index is 6.02. The average Bonchev–Trinajstić information content (AvgIpc) is 3.02. The van der Waals surface area contributed by atoms with Crippen molar-refractivity contribution in [1.29, 1.82) is 0 Å². The Hall–Kier alpha value is -1.59. The molecule has 0 bridgehead atoms. The molecule has 20 heavy (non-hydrogen) atoms. The Kier molecular flexibility index (Phi) is 3.63. The lowest BCUT2D eigenvalue weighted by molar-refractivity contribution is 0.415. The molecule has 3 aromatic rings. The SMILES string of the molecule is COc1ccc2c(c1)nc(CCl)n2Cc1csc(C)n1. The van der Waals surface area contributed by atoms with Crippen molar-refractivity contribution in [2.45, 2.75) is 19.3 Å². The molecule has 0 N–H and O–H groups in total. The van der Waals surface area contributed by atoms with Gasteiger partial charge in [0, 0.05) is 11.4 Å². The summed E-state index contributed by atoms with van der Waals surface area (Å²) in [5, 5.41) is 3.14. The zero-order valence-corrected chi connectivity index (χ0v) is 12.8. The molecule has 0 radical (unpaired) electrons. The first-order valence-electron chi connectivity index (χ1n) is 6.21. The first kappa shape index (κ1) is 13.4. The number of fused-ring (bicyclic) bond motifs is 1. The number of thiazole rings is 1. The molecule has 6 heteroatoms. The molecule has 2 aromatic heterocycles. The Morgan fingerprint density at radius 2 is 2.20 bits per heavy atom. The Balaban J connectivity index is 2.08. The third-order valence-electron chi connectivity index (χ3n) is 3.14. The smallest absolute Gasteiger partial charge is 0.125 e. The Labute approximate surface area is 126 Å². The number of ether oxygens (including phenoxy) is 1. The number of rotatable bonds is 4. The van der Waals surface area contributed by atoms with E-state index in [4.69, 9.17) is 16.3 Å². The molecule has 0 saturated heterocycles. The van der Waals surface area contributed by atoms with Crippen LogP contribution in [-0.2, 0) is 12.4 Å². The lowest BCUT2D eigenvalue weighted by atomic mass is 10.3. The van der Waals surface area contributed by atoms with Crippen LogP contribution in [0.4, 0.5) is 0 Å². The van der Waals surface area contributed by atoms with Crippen molar-refractivity contribution in [2.75, 3.05) is 7.11 Å². The van der Waals surface area contributed by atoms with Gasteiger partial charge in [-0.2, -0.15) is 0 Å². The summed E-state index contributed by atoms with van der Waals surface area (Å²) in [6.45, 7) is 2.70. The van der Waals surface area contributed by atoms with E-state index in [0.717, 1.165) is 33.3 Å². The number of benzene rings is 1. The minimum Gasteiger partial charge on any atom is -0.497 e. The van der Waals surface area contributed by atoms with Gasteiger partial charge in [-0.1, -0.05) is 0 Å². The molecular weight excluding hydrogens is 294 g/mol. The Bertz CT molecular complexity index is 750. The highest BCUT2D eigenvalue weighted by molar-refractivity contribution is 7.09. The lowest BCUT2D eigenvalue weighted by Gasteiger charge is -2.06. The molecule has 2 heterocycles. The second-order valence-electron chi connectivity index (χ2n) is 4.46. The largest absolute Gasteiger partial charge is 0.497 e. The van der Waals surface area contributed by atoms with E-state index in [1.807, 2.05) is 25.1 Å². The third kappa shape index (κ3) is 2.39. The number of aromatic nitrogens is 3. The molecule has 0 atom stereocenters. The van der Waals surface area contributed by atoms with Crippen LogP contribution in [0.1, 0.15) is 16.5 Å². The van der Waals surface area contributed by atoms with Crippen molar-refractivity contribution < 1.29 is 4.74 Å². The number of hydrogen-bond acceptors (Lipinski definition) is 4. The zero-order valence-electron chi connectivity index (χ0n) is 11.3. The van der Waals surface area contributed by atoms with Crippen molar-refractivity contribution in [3.8, 4) is 5.75 Å². The highest BCUT2D eigenvalue weighted by atomic mass is 35.5. The van der Waals surface area contributed by atoms with Gasteiger partial charge in [0.2, 0.25) is 0 Å². The summed E-state index contributed by atoms with van der Waals surface area (Å²) in [7, 11) is 1.65. The molecule has 0 unspecified atom stereocenters. The first-order valence-corrected chi connectivity index (χ1v) is 7.63. The summed E-state index contributed by atoms with van der Waals surface area (Å²) in [5.74, 6) is 2.02. The summed E-state index contributed by atoms with van der Waals surface area (Å²) >= 11 is 7.67. The second kappa shape index (κ2) is 5.42. The molecule has 3 rings (SSSR count). The number of imidazole rings is 1. The van der Waals surface area contributed by atoms with E-state index in [1.54, 1.807) is 18.4 Å². The molecule has 0 spiro atoms. The number of hydrogen-bond donors (Lipinski definition) is 0. The molecule has 1 aromatic carbocycles. The average molecular weight is 308 g/mol. The van der Waals surface area contributed by atoms with Crippen LogP contribution in [0.2, 0.25) is 0 Å². The summed E-state index contributed by atoms with van der Waals surface area (Å²) < 4.78 is 7.34. The van der Waals surface area contributed by atoms with E-state index in [0.29, 0.717) is 12.4 Å². The highest BCUT2D eigenvalue weighted by Crippen LogP contribution is 2.24. The first-order chi connectivity index (χ1) is 9.71. The van der Waals surface area contributed by atoms with Crippen LogP contribution < -0.4 is 4.74 Å². The van der Waals surface area contributed by atoms with Crippen LogP contribution in [0.25, 0.3) is 11.0 Å². The third-order valence-corrected chi connectivity index (χ3v) is 4.20. The molecular formula is C14H14ClN3OS. The number of nitrogens with zero attached hydrogens (tertiary/aromatic N) is 3. The standard InChI is InChI=1S/C14H14ClN3OS/c1-9-16-10(8-20-9)7-18-13-4-3-11(19-2)5-12(13)17-14(18)6-15/h3-5,8H,6-7H2,1-2H3. The van der Waals surface area contributed by atoms with E-state index >= 15 is 0 Å². The predicted molar refractivity (Wildman–Crippen MR) is 81.8 cm³/mol. The molecule has 0 aliphatic rings. The van der Waals surface area contributed by atoms with Gasteiger partial charge in [0.25, 0.3) is 0 Å². The van der Waals surface area contributed by atoms with Crippen LogP contribution in [0.3, 0.4) is 0 Å². The summed E-state index contributed by atoms with van der Waals surface area (Å²) in [5.41, 5.74) is 2.98. The molecule has 0 amide bonds. The normalized spacial score (nSPS) is 11.2. The molecule has 0 fully saturated rings. The van der Waals surface area contributed by atoms with E-state index < -0.39 is 0 Å². The summed E-state index contributed by atoms with van der Waals surface area (Å²) in [4.78, 5) is 9.07. The minimum atomic E-state index is 0.375. The van der Waals surface area contributed by atoms with Crippen molar-refractivity contribution in [2.24, 2.45) is 0 Å². The van der Waals surface area contributed by atoms with Gasteiger partial charge in [-0.15, -0.1) is 22.9 Å². The van der Waals surface area contributed by atoms with Gasteiger partial charge >= 0.3 is 0 Å². The molecule has 0 aliphatic heterocycles. The monoisotopic (exact) mass is 307 g/mol. The Morgan fingerprint density at radius 3 is 2.85 bits per heavy atom. The van der Waals surface area contributed by atoms with Crippen LogP contribution in [0, 0.1) is 6.92 Å². The van der Waals surface area contributed by atoms with Crippen molar-refractivity contribution in [3.05, 3.63) is 40.1 Å². The highest BCUT2D eigenvalue weighted by Gasteiger charge is 2.12. The topological polar surface area (TPSA) is 39.9 Å². The van der Waals surface area contributed by atoms with E-state index in [9.17, 15) is 0 Å². The van der Waals surface area contributed by atoms with Crippen LogP contribution in [-0.4, -0.2) is 21.6 Å². The van der Waals surface area contributed by atoms with E-state index in [-0.39, 0.29) is 0 Å². The lowest BCUT2D eigenvalue weighted by Crippen LogP contribution is -2.04. The fourth-order valence-electron chi connectivity index (χ4n) is 2.21. The van der Waals surface area contributed by atoms with Gasteiger partial charge in [-0.05, 0) is 19.1 Å². The Morgan fingerprint density at radius 1 is 1.35 bits per heavy atom. The van der Waals surface area contributed by atoms with Crippen LogP contribution >= 0.6 is 22.9 Å². The number of aryl methyl sites for hydroxylation is 1. The minimum absolute atomic E-state index is 0.375. The van der Waals surface area contributed by atoms with Gasteiger partial charge in [0.05, 0.1) is 41.3 Å². The fourth-order valence-corrected chi connectivity index (χ4v) is 3.02. The van der Waals surface area contributed by atoms with Gasteiger partial charge < -0.3 is 9.30 Å². The number of alkyl halides is 1. The summed E-state index contributed by atoms with van der Waals surface area (Å²) in [6, 6.07) is 5.87. The van der Waals surface area contributed by atoms with Gasteiger partial charge in [0.15, 0.2) is 0 Å². The molecule has 4 nitrogen and oxygen atoms in total. The van der Waals surface area contributed by atoms with Gasteiger partial charge in [-0.3, -0.25) is 0 Å². The van der Waals surface area contributed by atoms with Gasteiger partial charge in [0.1, 0.15) is 11.6 Å². The maximum Gasteiger partial charge on any atom is 0.125 e. The van der Waals surface area contributed by atoms with E-state index in [2.05, 4.69) is 19.9 Å².